The van der Waals surface area contributed by atoms with Crippen LogP contribution in [0.5, 0.6) is 11.5 Å². The van der Waals surface area contributed by atoms with Crippen molar-refractivity contribution in [1.82, 2.24) is 9.21 Å². The molecule has 1 aliphatic carbocycles. The number of likely N-dealkylation sites (N-methyl/N-ethyl adjacent to an activating group) is 1. The molecule has 3 heterocycles. The van der Waals surface area contributed by atoms with E-state index in [1.54, 1.807) is 0 Å². The van der Waals surface area contributed by atoms with Gasteiger partial charge in [-0.05, 0) is 47.9 Å². The fourth-order valence-electron chi connectivity index (χ4n) is 4.83. The van der Waals surface area contributed by atoms with Gasteiger partial charge < -0.3 is 18.9 Å². The number of sulfonamides is 1. The third-order valence-corrected chi connectivity index (χ3v) is 11.3. The van der Waals surface area contributed by atoms with E-state index in [-0.39, 0.29) is 44.3 Å². The summed E-state index contributed by atoms with van der Waals surface area (Å²) in [5, 5.41) is 2.06. The van der Waals surface area contributed by atoms with Crippen molar-refractivity contribution in [2.75, 3.05) is 53.0 Å². The maximum absolute atomic E-state index is 13.7. The minimum atomic E-state index is -4.05. The molecule has 0 amide bonds. The predicted molar refractivity (Wildman–Crippen MR) is 168 cm³/mol. The second-order valence-corrected chi connectivity index (χ2v) is 14.7. The fraction of sp³-hybridized carbons (Fsp3) is 0.467. The summed E-state index contributed by atoms with van der Waals surface area (Å²) in [5.41, 5.74) is 0.833. The van der Waals surface area contributed by atoms with Gasteiger partial charge in [-0.3, -0.25) is 4.90 Å². The van der Waals surface area contributed by atoms with E-state index in [2.05, 4.69) is 14.6 Å². The highest BCUT2D eigenvalue weighted by molar-refractivity contribution is 7.89. The number of rotatable bonds is 15. The molecule has 0 spiro atoms. The summed E-state index contributed by atoms with van der Waals surface area (Å²) < 4.78 is 76.6. The van der Waals surface area contributed by atoms with Crippen LogP contribution in [-0.4, -0.2) is 83.3 Å². The van der Waals surface area contributed by atoms with Crippen LogP contribution in [0, 0.1) is 5.92 Å². The van der Waals surface area contributed by atoms with Crippen molar-refractivity contribution < 1.29 is 45.9 Å². The molecule has 3 aromatic rings. The van der Waals surface area contributed by atoms with Gasteiger partial charge in [-0.15, -0.1) is 11.3 Å². The summed E-state index contributed by atoms with van der Waals surface area (Å²) in [5.74, 6) is -0.670. The lowest BCUT2D eigenvalue weighted by Gasteiger charge is -2.28. The van der Waals surface area contributed by atoms with E-state index in [9.17, 15) is 22.0 Å². The maximum atomic E-state index is 13.7. The molecule has 46 heavy (non-hydrogen) atoms. The van der Waals surface area contributed by atoms with Crippen molar-refractivity contribution in [3.05, 3.63) is 68.1 Å². The molecule has 2 aromatic heterocycles. The molecular formula is C30H34Cl2F2N3O7S2+. The van der Waals surface area contributed by atoms with Gasteiger partial charge in [0, 0.05) is 45.2 Å². The molecule has 1 aliphatic heterocycles. The Hall–Kier alpha value is -2.59. The van der Waals surface area contributed by atoms with Crippen LogP contribution in [-0.2, 0) is 25.9 Å². The van der Waals surface area contributed by atoms with Crippen LogP contribution in [0.2, 0.25) is 10.0 Å². The molecule has 5 rings (SSSR count). The van der Waals surface area contributed by atoms with Crippen molar-refractivity contribution >= 4 is 50.5 Å². The summed E-state index contributed by atoms with van der Waals surface area (Å²) in [6, 6.07) is 5.64. The highest BCUT2D eigenvalue weighted by Crippen LogP contribution is 2.38. The SMILES string of the molecule is CN(CCN1CCOCC1)S(=O)(=O)c1ccsc1C(=O)O[C@@H](Cc1c(Cl)c[nH+]cc1Cl)c1ccc(OC(F)F)c(OCC2CC2)c1. The molecule has 2 aliphatic rings. The highest BCUT2D eigenvalue weighted by Gasteiger charge is 2.32. The zero-order chi connectivity index (χ0) is 32.8. The summed E-state index contributed by atoms with van der Waals surface area (Å²) in [6.45, 7) is 0.563. The lowest BCUT2D eigenvalue weighted by Crippen LogP contribution is -2.42. The number of aromatic nitrogens is 1. The zero-order valence-corrected chi connectivity index (χ0v) is 28.1. The van der Waals surface area contributed by atoms with Crippen molar-refractivity contribution in [3.8, 4) is 11.5 Å². The Kier molecular flexibility index (Phi) is 11.7. The number of aromatic amines is 1. The Bertz CT molecular complexity index is 1600. The van der Waals surface area contributed by atoms with E-state index in [4.69, 9.17) is 37.4 Å². The van der Waals surface area contributed by atoms with Gasteiger partial charge >= 0.3 is 12.6 Å². The molecule has 1 saturated heterocycles. The number of alkyl halides is 2. The molecule has 10 nitrogen and oxygen atoms in total. The molecule has 1 N–H and O–H groups in total. The van der Waals surface area contributed by atoms with Crippen LogP contribution in [0.15, 0.2) is 46.9 Å². The molecule has 0 radical (unpaired) electrons. The normalized spacial score (nSPS) is 16.5. The van der Waals surface area contributed by atoms with Gasteiger partial charge in [0.05, 0.1) is 19.8 Å². The molecule has 1 saturated carbocycles. The Balaban J connectivity index is 1.41. The molecule has 0 bridgehead atoms. The van der Waals surface area contributed by atoms with Gasteiger partial charge in [-0.25, -0.2) is 18.2 Å². The van der Waals surface area contributed by atoms with Gasteiger partial charge in [-0.1, -0.05) is 29.3 Å². The van der Waals surface area contributed by atoms with Gasteiger partial charge in [0.2, 0.25) is 10.0 Å². The lowest BCUT2D eigenvalue weighted by molar-refractivity contribution is -0.377. The molecule has 1 aromatic carbocycles. The van der Waals surface area contributed by atoms with Crippen LogP contribution in [0.4, 0.5) is 8.78 Å². The van der Waals surface area contributed by atoms with E-state index in [0.29, 0.717) is 56.5 Å². The van der Waals surface area contributed by atoms with Crippen molar-refractivity contribution in [3.63, 3.8) is 0 Å². The Morgan fingerprint density at radius 3 is 2.54 bits per heavy atom. The van der Waals surface area contributed by atoms with Crippen molar-refractivity contribution in [2.45, 2.75) is 36.9 Å². The summed E-state index contributed by atoms with van der Waals surface area (Å²) >= 11 is 13.8. The maximum Gasteiger partial charge on any atom is 0.387 e. The molecule has 1 atom stereocenters. The number of hydrogen-bond donors (Lipinski definition) is 0. The topological polar surface area (TPSA) is 109 Å². The third-order valence-electron chi connectivity index (χ3n) is 7.70. The number of nitrogens with one attached hydrogen (secondary N) is 1. The van der Waals surface area contributed by atoms with Gasteiger partial charge in [0.1, 0.15) is 25.9 Å². The number of halogens is 4. The highest BCUT2D eigenvalue weighted by atomic mass is 35.5. The first-order valence-corrected chi connectivity index (χ1v) is 17.7. The summed E-state index contributed by atoms with van der Waals surface area (Å²) in [4.78, 5) is 18.4. The first-order chi connectivity index (χ1) is 22.0. The molecule has 16 heteroatoms. The molecule has 250 valence electrons. The first kappa shape index (κ1) is 34.7. The molecular weight excluding hydrogens is 687 g/mol. The van der Waals surface area contributed by atoms with E-state index in [0.717, 1.165) is 24.2 Å². The summed E-state index contributed by atoms with van der Waals surface area (Å²) in [7, 11) is -2.58. The second kappa shape index (κ2) is 15.5. The van der Waals surface area contributed by atoms with Gasteiger partial charge in [0.15, 0.2) is 23.9 Å². The Labute approximate surface area is 280 Å². The number of nitrogens with zero attached hydrogens (tertiary/aromatic N) is 2. The minimum absolute atomic E-state index is 0.0118. The van der Waals surface area contributed by atoms with Crippen LogP contribution >= 0.6 is 34.5 Å². The van der Waals surface area contributed by atoms with Gasteiger partial charge in [0.25, 0.3) is 0 Å². The van der Waals surface area contributed by atoms with E-state index >= 15 is 0 Å². The van der Waals surface area contributed by atoms with E-state index < -0.39 is 28.7 Å². The van der Waals surface area contributed by atoms with Gasteiger partial charge in [-0.2, -0.15) is 13.1 Å². The molecule has 2 fully saturated rings. The number of esters is 1. The van der Waals surface area contributed by atoms with E-state index in [1.165, 1.54) is 53.4 Å². The van der Waals surface area contributed by atoms with Crippen LogP contribution in [0.3, 0.4) is 0 Å². The smallest absolute Gasteiger partial charge is 0.387 e. The average Bonchev–Trinajstić information content (AvgIpc) is 3.72. The monoisotopic (exact) mass is 720 g/mol. The van der Waals surface area contributed by atoms with Crippen molar-refractivity contribution in [2.24, 2.45) is 5.92 Å². The Morgan fingerprint density at radius 2 is 1.87 bits per heavy atom. The standard InChI is InChI=1S/C30H33Cl2F2N3O7S2/c1-36(7-8-37-9-11-41-12-10-37)46(39,40)27-6-13-45-28(27)29(38)43-25(15-21-22(31)16-35-17-23(21)32)20-4-5-24(44-30(33)34)26(14-20)42-18-19-2-3-19/h4-6,13-14,16-17,19,25,30H,2-3,7-12,15,18H2,1H3/p+1/t25-/m0/s1. The molecule has 0 unspecified atom stereocenters. The largest absolute Gasteiger partial charge is 0.489 e. The zero-order valence-electron chi connectivity index (χ0n) is 24.9. The number of pyridine rings is 1. The van der Waals surface area contributed by atoms with Crippen LogP contribution in [0.1, 0.15) is 39.7 Å². The van der Waals surface area contributed by atoms with Crippen molar-refractivity contribution in [1.29, 1.82) is 0 Å². The van der Waals surface area contributed by atoms with E-state index in [1.807, 2.05) is 0 Å². The second-order valence-electron chi connectivity index (χ2n) is 11.0. The number of ether oxygens (including phenoxy) is 4. The number of H-pyrrole nitrogens is 1. The number of morpholine rings is 1. The number of carbonyl (C=O) groups is 1. The first-order valence-electron chi connectivity index (χ1n) is 14.6. The predicted octanol–water partition coefficient (Wildman–Crippen LogP) is 5.35. The summed E-state index contributed by atoms with van der Waals surface area (Å²) in [6.07, 6.45) is 3.90. The minimum Gasteiger partial charge on any atom is -0.489 e. The number of benzene rings is 1. The fourth-order valence-corrected chi connectivity index (χ4v) is 7.80. The average molecular weight is 722 g/mol. The quantitative estimate of drug-likeness (QED) is 0.193. The number of carbonyl (C=O) groups excluding carboxylic acids is 1. The number of thiophene rings is 1. The number of hydrogen-bond acceptors (Lipinski definition) is 9. The lowest BCUT2D eigenvalue weighted by atomic mass is 10.0. The van der Waals surface area contributed by atoms with Crippen LogP contribution < -0.4 is 14.5 Å². The Morgan fingerprint density at radius 1 is 1.15 bits per heavy atom. The third kappa shape index (κ3) is 8.85. The van der Waals surface area contributed by atoms with Crippen LogP contribution in [0.25, 0.3) is 0 Å².